The van der Waals surface area contributed by atoms with Crippen LogP contribution in [-0.2, 0) is 19.6 Å². The van der Waals surface area contributed by atoms with Crippen molar-refractivity contribution < 1.29 is 18.0 Å². The van der Waals surface area contributed by atoms with Gasteiger partial charge in [0.15, 0.2) is 0 Å². The van der Waals surface area contributed by atoms with Gasteiger partial charge in [-0.25, -0.2) is 8.42 Å². The van der Waals surface area contributed by atoms with Crippen LogP contribution in [0.2, 0.25) is 0 Å². The first-order valence-corrected chi connectivity index (χ1v) is 13.4. The second-order valence-electron chi connectivity index (χ2n) is 9.31. The molecule has 0 radical (unpaired) electrons. The lowest BCUT2D eigenvalue weighted by atomic mass is 10.1. The van der Waals surface area contributed by atoms with E-state index in [0.29, 0.717) is 24.3 Å². The van der Waals surface area contributed by atoms with Crippen molar-refractivity contribution in [1.29, 1.82) is 0 Å². The fraction of sp³-hybridized carbons (Fsp3) is 0.286. The molecule has 3 aromatic rings. The van der Waals surface area contributed by atoms with E-state index in [2.05, 4.69) is 5.32 Å². The van der Waals surface area contributed by atoms with Crippen LogP contribution in [0.4, 0.5) is 17.1 Å². The summed E-state index contributed by atoms with van der Waals surface area (Å²) >= 11 is 0. The van der Waals surface area contributed by atoms with Crippen molar-refractivity contribution in [2.75, 3.05) is 27.6 Å². The summed E-state index contributed by atoms with van der Waals surface area (Å²) in [7, 11) is -4.01. The summed E-state index contributed by atoms with van der Waals surface area (Å²) in [5, 5.41) is 2.83. The zero-order chi connectivity index (χ0) is 26.0. The minimum atomic E-state index is -4.01. The van der Waals surface area contributed by atoms with Gasteiger partial charge in [0.1, 0.15) is 6.54 Å². The first kappa shape index (κ1) is 25.4. The quantitative estimate of drug-likeness (QED) is 0.496. The third-order valence-electron chi connectivity index (χ3n) is 6.39. The smallest absolute Gasteiger partial charge is 0.264 e. The third kappa shape index (κ3) is 5.28. The van der Waals surface area contributed by atoms with Crippen molar-refractivity contribution in [3.63, 3.8) is 0 Å². The van der Waals surface area contributed by atoms with Gasteiger partial charge in [-0.05, 0) is 81.1 Å². The van der Waals surface area contributed by atoms with Crippen molar-refractivity contribution in [3.05, 3.63) is 82.9 Å². The van der Waals surface area contributed by atoms with Gasteiger partial charge in [0.25, 0.3) is 10.0 Å². The number of anilines is 3. The van der Waals surface area contributed by atoms with E-state index in [1.165, 1.54) is 0 Å². The summed E-state index contributed by atoms with van der Waals surface area (Å²) in [6.07, 6.45) is 1.31. The van der Waals surface area contributed by atoms with E-state index < -0.39 is 22.5 Å². The Morgan fingerprint density at radius 3 is 2.25 bits per heavy atom. The molecule has 4 rings (SSSR count). The second-order valence-corrected chi connectivity index (χ2v) is 11.2. The van der Waals surface area contributed by atoms with Crippen LogP contribution in [0, 0.1) is 27.7 Å². The van der Waals surface area contributed by atoms with Crippen molar-refractivity contribution in [2.24, 2.45) is 0 Å². The topological polar surface area (TPSA) is 86.8 Å². The lowest BCUT2D eigenvalue weighted by molar-refractivity contribution is -0.117. The Labute approximate surface area is 212 Å². The predicted molar refractivity (Wildman–Crippen MR) is 143 cm³/mol. The first-order chi connectivity index (χ1) is 17.1. The van der Waals surface area contributed by atoms with Crippen LogP contribution in [0.1, 0.15) is 35.1 Å². The number of aryl methyl sites for hydroxylation is 4. The van der Waals surface area contributed by atoms with E-state index in [0.717, 1.165) is 38.7 Å². The SMILES string of the molecule is Cc1ccc(S(=O)(=O)N(CC(=O)Nc2ccc(C)c(N3CCCC3=O)c2)c2cc(C)ccc2C)cc1. The van der Waals surface area contributed by atoms with Crippen LogP contribution in [0.15, 0.2) is 65.6 Å². The lowest BCUT2D eigenvalue weighted by Gasteiger charge is -2.26. The van der Waals surface area contributed by atoms with Gasteiger partial charge in [-0.1, -0.05) is 35.9 Å². The second kappa shape index (κ2) is 10.1. The van der Waals surface area contributed by atoms with E-state index in [1.54, 1.807) is 47.4 Å². The average Bonchev–Trinajstić information content (AvgIpc) is 3.26. The van der Waals surface area contributed by atoms with Gasteiger partial charge >= 0.3 is 0 Å². The molecule has 0 aliphatic carbocycles. The molecule has 1 saturated heterocycles. The van der Waals surface area contributed by atoms with Gasteiger partial charge in [-0.3, -0.25) is 13.9 Å². The van der Waals surface area contributed by atoms with Crippen LogP contribution in [0.25, 0.3) is 0 Å². The number of hydrogen-bond acceptors (Lipinski definition) is 4. The number of sulfonamides is 1. The molecule has 0 aromatic heterocycles. The molecular weight excluding hydrogens is 474 g/mol. The van der Waals surface area contributed by atoms with Crippen LogP contribution in [0.5, 0.6) is 0 Å². The number of benzene rings is 3. The molecule has 8 heteroatoms. The molecule has 1 aliphatic heterocycles. The van der Waals surface area contributed by atoms with E-state index >= 15 is 0 Å². The van der Waals surface area contributed by atoms with E-state index in [-0.39, 0.29) is 10.8 Å². The zero-order valence-electron chi connectivity index (χ0n) is 21.0. The van der Waals surface area contributed by atoms with E-state index in [9.17, 15) is 18.0 Å². The number of nitrogens with zero attached hydrogens (tertiary/aromatic N) is 2. The number of amides is 2. The van der Waals surface area contributed by atoms with Crippen LogP contribution < -0.4 is 14.5 Å². The molecule has 0 spiro atoms. The summed E-state index contributed by atoms with van der Waals surface area (Å²) < 4.78 is 28.6. The van der Waals surface area contributed by atoms with Crippen molar-refractivity contribution in [1.82, 2.24) is 0 Å². The van der Waals surface area contributed by atoms with Gasteiger partial charge in [-0.15, -0.1) is 0 Å². The van der Waals surface area contributed by atoms with Crippen LogP contribution >= 0.6 is 0 Å². The normalized spacial score (nSPS) is 13.7. The summed E-state index contributed by atoms with van der Waals surface area (Å²) in [4.78, 5) is 27.3. The first-order valence-electron chi connectivity index (χ1n) is 11.9. The zero-order valence-corrected chi connectivity index (χ0v) is 21.9. The molecule has 0 saturated carbocycles. The van der Waals surface area contributed by atoms with Gasteiger partial charge in [0, 0.05) is 24.3 Å². The summed E-state index contributed by atoms with van der Waals surface area (Å²) in [5.41, 5.74) is 5.23. The van der Waals surface area contributed by atoms with Crippen LogP contribution in [-0.4, -0.2) is 33.3 Å². The largest absolute Gasteiger partial charge is 0.324 e. The Kier molecular flexibility index (Phi) is 7.17. The molecule has 1 fully saturated rings. The summed E-state index contributed by atoms with van der Waals surface area (Å²) in [5.74, 6) is -0.416. The minimum absolute atomic E-state index is 0.0619. The van der Waals surface area contributed by atoms with Crippen molar-refractivity contribution >= 4 is 38.9 Å². The van der Waals surface area contributed by atoms with Gasteiger partial charge in [-0.2, -0.15) is 0 Å². The molecule has 1 N–H and O–H groups in total. The highest BCUT2D eigenvalue weighted by Crippen LogP contribution is 2.30. The Morgan fingerprint density at radius 2 is 1.58 bits per heavy atom. The fourth-order valence-corrected chi connectivity index (χ4v) is 5.81. The standard InChI is InChI=1S/C28H31N3O4S/c1-19-8-13-24(14-9-19)36(34,35)31(26-16-20(2)7-10-22(26)4)18-27(32)29-23-12-11-21(3)25(17-23)30-15-5-6-28(30)33/h7-14,16-17H,5-6,15,18H2,1-4H3,(H,29,32). The monoisotopic (exact) mass is 505 g/mol. The number of hydrogen-bond donors (Lipinski definition) is 1. The number of rotatable bonds is 7. The number of nitrogens with one attached hydrogen (secondary N) is 1. The molecule has 36 heavy (non-hydrogen) atoms. The Bertz CT molecular complexity index is 1420. The molecule has 7 nitrogen and oxygen atoms in total. The maximum Gasteiger partial charge on any atom is 0.264 e. The fourth-order valence-electron chi connectivity index (χ4n) is 4.34. The summed E-state index contributed by atoms with van der Waals surface area (Å²) in [6.45, 7) is 7.76. The molecule has 1 aliphatic rings. The molecule has 3 aromatic carbocycles. The molecule has 0 unspecified atom stereocenters. The molecule has 188 valence electrons. The molecule has 2 amide bonds. The van der Waals surface area contributed by atoms with Crippen molar-refractivity contribution in [2.45, 2.75) is 45.4 Å². The molecule has 0 atom stereocenters. The van der Waals surface area contributed by atoms with E-state index in [4.69, 9.17) is 0 Å². The predicted octanol–water partition coefficient (Wildman–Crippen LogP) is 4.88. The summed E-state index contributed by atoms with van der Waals surface area (Å²) in [6, 6.07) is 17.5. The lowest BCUT2D eigenvalue weighted by Crippen LogP contribution is -2.38. The van der Waals surface area contributed by atoms with Crippen LogP contribution in [0.3, 0.4) is 0 Å². The van der Waals surface area contributed by atoms with Gasteiger partial charge < -0.3 is 10.2 Å². The maximum atomic E-state index is 13.7. The van der Waals surface area contributed by atoms with Crippen molar-refractivity contribution in [3.8, 4) is 0 Å². The Morgan fingerprint density at radius 1 is 0.917 bits per heavy atom. The number of carbonyl (C=O) groups is 2. The molecule has 1 heterocycles. The van der Waals surface area contributed by atoms with E-state index in [1.807, 2.05) is 45.9 Å². The van der Waals surface area contributed by atoms with Gasteiger partial charge in [0.05, 0.1) is 10.6 Å². The highest BCUT2D eigenvalue weighted by molar-refractivity contribution is 7.92. The molecule has 0 bridgehead atoms. The number of carbonyl (C=O) groups excluding carboxylic acids is 2. The highest BCUT2D eigenvalue weighted by Gasteiger charge is 2.29. The maximum absolute atomic E-state index is 13.7. The highest BCUT2D eigenvalue weighted by atomic mass is 32.2. The Balaban J connectivity index is 1.65. The third-order valence-corrected chi connectivity index (χ3v) is 8.16. The average molecular weight is 506 g/mol. The minimum Gasteiger partial charge on any atom is -0.324 e. The van der Waals surface area contributed by atoms with Gasteiger partial charge in [0.2, 0.25) is 11.8 Å². The molecular formula is C28H31N3O4S. The Hall–Kier alpha value is -3.65.